The highest BCUT2D eigenvalue weighted by Gasteiger charge is 2.46. The van der Waals surface area contributed by atoms with Crippen LogP contribution in [0.25, 0.3) is 0 Å². The van der Waals surface area contributed by atoms with Crippen molar-refractivity contribution in [3.8, 4) is 11.8 Å². The number of phosphoric ester groups is 1. The molecule has 91 heavy (non-hydrogen) atoms. The normalized spacial score (nSPS) is 20.2. The molecule has 0 aliphatic carbocycles. The van der Waals surface area contributed by atoms with Gasteiger partial charge >= 0.3 is 29.2 Å². The van der Waals surface area contributed by atoms with E-state index in [2.05, 4.69) is 44.8 Å². The van der Waals surface area contributed by atoms with Crippen LogP contribution in [-0.2, 0) is 78.8 Å². The molecule has 4 heterocycles. The SMILES string of the molecule is CCN1\C(=C/C=C/C=C/C2=[N+](CCCCCC(=O)NCC#Cc3ccc([C@H](OCc4cn([C@H]5C[C@H](O)[C@@H](COP(=O)(O)OP(=O)(O)OP(=O)(O)O)O5)c(=O)nc4N)C(C)C)c([N+](=O)[O-])c3)c3ccc(S(=O)(=O)O)cc3C2(C)C)C(C)(C)c2cc(S(=O)(=O)O)ccc21. The van der Waals surface area contributed by atoms with Gasteiger partial charge in [-0.15, -0.1) is 0 Å². The summed E-state index contributed by atoms with van der Waals surface area (Å²) in [6, 6.07) is 13.3. The molecule has 1 saturated heterocycles. The minimum atomic E-state index is -5.83. The molecule has 1 amide bonds. The molecule has 7 rings (SSSR count). The van der Waals surface area contributed by atoms with E-state index in [1.54, 1.807) is 32.0 Å². The van der Waals surface area contributed by atoms with Crippen LogP contribution in [-0.4, -0.2) is 120 Å². The van der Waals surface area contributed by atoms with E-state index in [1.807, 2.05) is 65.0 Å². The van der Waals surface area contributed by atoms with Crippen molar-refractivity contribution in [3.05, 3.63) is 145 Å². The van der Waals surface area contributed by atoms with Gasteiger partial charge in [-0.25, -0.2) is 18.5 Å². The molecule has 1 fully saturated rings. The molecule has 3 aliphatic heterocycles. The van der Waals surface area contributed by atoms with Crippen molar-refractivity contribution < 1.29 is 101 Å². The number of nitrogens with zero attached hydrogens (tertiary/aromatic N) is 5. The zero-order valence-electron chi connectivity index (χ0n) is 50.3. The molecular weight excluding hydrogens is 1300 g/mol. The van der Waals surface area contributed by atoms with E-state index in [9.17, 15) is 74.2 Å². The zero-order chi connectivity index (χ0) is 67.4. The maximum atomic E-state index is 13.0. The number of allylic oxidation sites excluding steroid dienone is 6. The highest BCUT2D eigenvalue weighted by Crippen LogP contribution is 2.66. The van der Waals surface area contributed by atoms with Crippen LogP contribution in [0.5, 0.6) is 0 Å². The number of carbonyl (C=O) groups is 1. The second-order valence-electron chi connectivity index (χ2n) is 22.7. The number of nitrogens with two attached hydrogens (primary N) is 1. The average Bonchev–Trinajstić information content (AvgIpc) is 1.60. The fourth-order valence-electron chi connectivity index (χ4n) is 10.9. The third kappa shape index (κ3) is 17.8. The first-order chi connectivity index (χ1) is 42.2. The summed E-state index contributed by atoms with van der Waals surface area (Å²) in [6.45, 7) is 13.0. The van der Waals surface area contributed by atoms with Gasteiger partial charge in [0, 0.05) is 83.7 Å². The first-order valence-corrected chi connectivity index (χ1v) is 35.5. The largest absolute Gasteiger partial charge is 0.490 e. The van der Waals surface area contributed by atoms with Crippen molar-refractivity contribution in [1.82, 2.24) is 14.9 Å². The lowest BCUT2D eigenvalue weighted by molar-refractivity contribution is -0.438. The molecule has 1 aromatic heterocycles. The summed E-state index contributed by atoms with van der Waals surface area (Å²) >= 11 is 0. The lowest BCUT2D eigenvalue weighted by Gasteiger charge is -2.25. The van der Waals surface area contributed by atoms with Gasteiger partial charge in [0.2, 0.25) is 11.6 Å². The Morgan fingerprint density at radius 3 is 2.24 bits per heavy atom. The van der Waals surface area contributed by atoms with Crippen molar-refractivity contribution in [2.24, 2.45) is 5.92 Å². The van der Waals surface area contributed by atoms with Crippen LogP contribution < -0.4 is 21.6 Å². The minimum absolute atomic E-state index is 0.0706. The Hall–Kier alpha value is -6.43. The van der Waals surface area contributed by atoms with Gasteiger partial charge in [0.25, 0.3) is 25.9 Å². The average molecular weight is 1370 g/mol. The van der Waals surface area contributed by atoms with E-state index in [4.69, 9.17) is 25.0 Å². The number of nitro benzene ring substituents is 1. The maximum Gasteiger partial charge on any atom is 0.490 e. The summed E-state index contributed by atoms with van der Waals surface area (Å²) in [7, 11) is -26.0. The Labute approximate surface area is 524 Å². The summed E-state index contributed by atoms with van der Waals surface area (Å²) in [5, 5.41) is 25.8. The molecule has 3 aromatic carbocycles. The molecule has 0 saturated carbocycles. The third-order valence-corrected chi connectivity index (χ3v) is 20.7. The summed E-state index contributed by atoms with van der Waals surface area (Å²) in [4.78, 5) is 80.0. The van der Waals surface area contributed by atoms with Crippen LogP contribution in [0.1, 0.15) is 121 Å². The van der Waals surface area contributed by atoms with E-state index in [1.165, 1.54) is 42.6 Å². The summed E-state index contributed by atoms with van der Waals surface area (Å²) in [5.41, 5.74) is 8.80. The second kappa shape index (κ2) is 28.4. The molecular formula is C56H71N7O23P3S2+. The molecule has 494 valence electrons. The van der Waals surface area contributed by atoms with Gasteiger partial charge in [-0.2, -0.15) is 35.0 Å². The van der Waals surface area contributed by atoms with Crippen LogP contribution in [0.3, 0.4) is 0 Å². The molecule has 4 aromatic rings. The van der Waals surface area contributed by atoms with Gasteiger partial charge in [0.05, 0.1) is 57.7 Å². The number of likely N-dealkylation sites (N-methyl/N-ethyl adjacent to an activating group) is 1. The third-order valence-electron chi connectivity index (χ3n) is 15.2. The number of nitrogens with one attached hydrogen (secondary N) is 1. The van der Waals surface area contributed by atoms with Gasteiger partial charge in [0.1, 0.15) is 24.7 Å². The first-order valence-electron chi connectivity index (χ1n) is 28.1. The van der Waals surface area contributed by atoms with E-state index in [0.717, 1.165) is 32.9 Å². The minimum Gasteiger partial charge on any atom is -0.390 e. The number of hydrogen-bond donors (Lipinski definition) is 9. The summed E-state index contributed by atoms with van der Waals surface area (Å²) in [6.07, 6.45) is 7.07. The molecule has 0 spiro atoms. The lowest BCUT2D eigenvalue weighted by Crippen LogP contribution is -2.29. The Morgan fingerprint density at radius 2 is 1.60 bits per heavy atom. The zero-order valence-corrected chi connectivity index (χ0v) is 54.6. The molecule has 3 aliphatic rings. The van der Waals surface area contributed by atoms with Crippen LogP contribution in [0.4, 0.5) is 22.9 Å². The van der Waals surface area contributed by atoms with Crippen molar-refractivity contribution in [2.45, 2.75) is 132 Å². The quantitative estimate of drug-likeness (QED) is 0.00422. The topological polar surface area (TPSA) is 447 Å². The number of ether oxygens (including phenoxy) is 2. The van der Waals surface area contributed by atoms with Crippen LogP contribution >= 0.6 is 23.5 Å². The number of phosphoric acid groups is 3. The molecule has 0 bridgehead atoms. The number of aromatic nitrogens is 2. The Morgan fingerprint density at radius 1 is 0.934 bits per heavy atom. The van der Waals surface area contributed by atoms with E-state index < -0.39 is 96.3 Å². The fraction of sp³-hybridized carbons (Fsp3) is 0.429. The van der Waals surface area contributed by atoms with E-state index >= 15 is 0 Å². The Balaban J connectivity index is 0.942. The second-order valence-corrected chi connectivity index (χ2v) is 30.0. The monoisotopic (exact) mass is 1370 g/mol. The Bertz CT molecular complexity index is 4130. The number of rotatable bonds is 27. The first kappa shape index (κ1) is 72.0. The highest BCUT2D eigenvalue weighted by atomic mass is 32.2. The number of benzene rings is 3. The van der Waals surface area contributed by atoms with Crippen LogP contribution in [0.15, 0.2) is 111 Å². The number of aliphatic hydroxyl groups is 1. The predicted octanol–water partition coefficient (Wildman–Crippen LogP) is 7.05. The van der Waals surface area contributed by atoms with Gasteiger partial charge in [0.15, 0.2) is 5.71 Å². The van der Waals surface area contributed by atoms with E-state index in [-0.39, 0.29) is 75.8 Å². The number of anilines is 2. The number of fused-ring (bicyclic) bond motifs is 2. The molecule has 0 radical (unpaired) electrons. The van der Waals surface area contributed by atoms with Crippen molar-refractivity contribution in [3.63, 3.8) is 0 Å². The molecule has 2 unspecified atom stereocenters. The van der Waals surface area contributed by atoms with Crippen molar-refractivity contribution in [1.29, 1.82) is 0 Å². The number of amides is 1. The van der Waals surface area contributed by atoms with Gasteiger partial charge < -0.3 is 50.1 Å². The van der Waals surface area contributed by atoms with Crippen LogP contribution in [0, 0.1) is 27.9 Å². The summed E-state index contributed by atoms with van der Waals surface area (Å²) in [5.74, 6) is 4.72. The van der Waals surface area contributed by atoms with Crippen molar-refractivity contribution >= 4 is 78.2 Å². The summed E-state index contributed by atoms with van der Waals surface area (Å²) < 4.78 is 130. The van der Waals surface area contributed by atoms with Crippen molar-refractivity contribution in [2.75, 3.05) is 36.9 Å². The number of nitro groups is 1. The van der Waals surface area contributed by atoms with Gasteiger partial charge in [-0.3, -0.25) is 33.1 Å². The smallest absolute Gasteiger partial charge is 0.390 e. The van der Waals surface area contributed by atoms with Crippen LogP contribution in [0.2, 0.25) is 0 Å². The standard InChI is InChI=1S/C56H70N7O23P3S2/c1-8-60-43-24-21-38(90(76,77)78)29-41(43)55(4,5)48(60)17-11-9-12-18-49-56(6,7)42-30-39(91(79,80)81)22-25-44(42)61(49)27-14-10-13-19-50(65)58-26-15-16-36-20-23-40(45(28-36)63(67)68)52(35(2)3)82-33-37-32-62(54(66)59-53(37)57)51-31-46(64)47(84-51)34-83-88(72,73)86-89(74,75)85-87(69,70)71/h9,11-12,17-18,20-25,28-30,32,35,46-47,51-52,64H,8,10,13-14,19,26-27,31,33-34H2,1-7H3,(H8-,57,58,59,65,66,69,70,71,72,73,74,75,76,77,78,79,80,81)/p+1/t46-,47+,51+,52+/m0/s1. The number of aliphatic hydroxyl groups excluding tert-OH is 1. The number of carbonyl (C=O) groups excluding carboxylic acids is 1. The predicted molar refractivity (Wildman–Crippen MR) is 329 cm³/mol. The maximum absolute atomic E-state index is 13.0. The number of nitrogen functional groups attached to an aromatic ring is 1. The number of hydrogen-bond acceptors (Lipinski definition) is 20. The van der Waals surface area contributed by atoms with Gasteiger partial charge in [-0.1, -0.05) is 57.8 Å². The highest BCUT2D eigenvalue weighted by molar-refractivity contribution is 7.86. The Kier molecular flexibility index (Phi) is 22.5. The fourth-order valence-corrected chi connectivity index (χ4v) is 14.9. The van der Waals surface area contributed by atoms with E-state index in [0.29, 0.717) is 37.9 Å². The molecule has 35 heteroatoms. The number of unbranched alkanes of at least 4 members (excludes halogenated alkanes) is 2. The van der Waals surface area contributed by atoms with Gasteiger partial charge in [-0.05, 0) is 93.6 Å². The lowest BCUT2D eigenvalue weighted by atomic mass is 9.81. The molecule has 30 nitrogen and oxygen atoms in total. The molecule has 10 N–H and O–H groups in total. The molecule has 6 atom stereocenters.